The normalized spacial score (nSPS) is 16.4. The van der Waals surface area contributed by atoms with Gasteiger partial charge in [-0.2, -0.15) is 4.52 Å². The first-order valence-corrected chi connectivity index (χ1v) is 11.0. The summed E-state index contributed by atoms with van der Waals surface area (Å²) in [5.74, 6) is 1.17. The molecule has 1 unspecified atom stereocenters. The van der Waals surface area contributed by atoms with E-state index in [9.17, 15) is 9.59 Å². The predicted molar refractivity (Wildman–Crippen MR) is 118 cm³/mol. The molecule has 1 atom stereocenters. The molecule has 1 N–H and O–H groups in total. The number of benzene rings is 1. The van der Waals surface area contributed by atoms with E-state index < -0.39 is 11.5 Å². The molecule has 9 nitrogen and oxygen atoms in total. The first-order chi connectivity index (χ1) is 15.0. The number of anilines is 1. The zero-order chi connectivity index (χ0) is 22.0. The number of aromatic nitrogens is 3. The van der Waals surface area contributed by atoms with Crippen LogP contribution in [-0.4, -0.2) is 47.8 Å². The summed E-state index contributed by atoms with van der Waals surface area (Å²) in [6.45, 7) is 4.21. The lowest BCUT2D eigenvalue weighted by atomic mass is 10.0. The van der Waals surface area contributed by atoms with Gasteiger partial charge in [-0.25, -0.2) is 4.98 Å². The third kappa shape index (κ3) is 4.20. The molecule has 1 aromatic carbocycles. The highest BCUT2D eigenvalue weighted by Gasteiger charge is 2.22. The fourth-order valence-electron chi connectivity index (χ4n) is 3.79. The van der Waals surface area contributed by atoms with Gasteiger partial charge in [-0.15, -0.1) is 5.10 Å². The van der Waals surface area contributed by atoms with Crippen LogP contribution in [0.1, 0.15) is 35.7 Å². The molecule has 3 aromatic rings. The number of hydrogen-bond donors (Lipinski definition) is 1. The molecule has 1 fully saturated rings. The summed E-state index contributed by atoms with van der Waals surface area (Å²) in [6, 6.07) is 5.41. The molecule has 0 saturated carbocycles. The summed E-state index contributed by atoms with van der Waals surface area (Å²) in [7, 11) is 3.09. The van der Waals surface area contributed by atoms with Crippen LogP contribution >= 0.6 is 11.3 Å². The summed E-state index contributed by atoms with van der Waals surface area (Å²) in [4.78, 5) is 32.6. The van der Waals surface area contributed by atoms with Gasteiger partial charge in [-0.3, -0.25) is 9.59 Å². The Morgan fingerprint density at radius 1 is 1.32 bits per heavy atom. The quantitative estimate of drug-likeness (QED) is 0.624. The molecule has 2 aromatic heterocycles. The van der Waals surface area contributed by atoms with E-state index in [1.807, 2.05) is 12.1 Å². The SMILES string of the molecule is COc1cccc(CNC(=O)c2cnc3sc(N4CCCC(C)C4)nn3c2=O)c1OC. The standard InChI is InChI=1S/C21H25N5O4S/c1-13-6-5-9-25(12-13)21-24-26-19(28)15(11-23-20(26)31-21)18(27)22-10-14-7-4-8-16(29-2)17(14)30-3/h4,7-8,11,13H,5-6,9-10,12H2,1-3H3,(H,22,27). The van der Waals surface area contributed by atoms with Crippen LogP contribution in [-0.2, 0) is 6.54 Å². The summed E-state index contributed by atoms with van der Waals surface area (Å²) >= 11 is 1.36. The molecule has 1 amide bonds. The van der Waals surface area contributed by atoms with Crippen LogP contribution < -0.4 is 25.2 Å². The van der Waals surface area contributed by atoms with E-state index in [0.717, 1.165) is 30.2 Å². The number of fused-ring (bicyclic) bond motifs is 1. The van der Waals surface area contributed by atoms with Crippen LogP contribution in [0.5, 0.6) is 11.5 Å². The first-order valence-electron chi connectivity index (χ1n) is 10.1. The van der Waals surface area contributed by atoms with E-state index in [-0.39, 0.29) is 12.1 Å². The third-order valence-corrected chi connectivity index (χ3v) is 6.36. The van der Waals surface area contributed by atoms with Gasteiger partial charge in [-0.1, -0.05) is 30.4 Å². The third-order valence-electron chi connectivity index (χ3n) is 5.37. The highest BCUT2D eigenvalue weighted by Crippen LogP contribution is 2.30. The van der Waals surface area contributed by atoms with Crippen LogP contribution in [0, 0.1) is 5.92 Å². The van der Waals surface area contributed by atoms with E-state index in [1.54, 1.807) is 13.2 Å². The molecular weight excluding hydrogens is 418 g/mol. The highest BCUT2D eigenvalue weighted by molar-refractivity contribution is 7.20. The molecule has 10 heteroatoms. The van der Waals surface area contributed by atoms with Crippen LogP contribution in [0.25, 0.3) is 4.96 Å². The van der Waals surface area contributed by atoms with Crippen molar-refractivity contribution in [2.45, 2.75) is 26.3 Å². The second-order valence-electron chi connectivity index (χ2n) is 7.58. The van der Waals surface area contributed by atoms with Crippen molar-refractivity contribution in [3.05, 3.63) is 45.9 Å². The maximum Gasteiger partial charge on any atom is 0.288 e. The van der Waals surface area contributed by atoms with Gasteiger partial charge in [0.15, 0.2) is 11.5 Å². The number of para-hydroxylation sites is 1. The van der Waals surface area contributed by atoms with Crippen molar-refractivity contribution in [2.75, 3.05) is 32.2 Å². The van der Waals surface area contributed by atoms with E-state index in [4.69, 9.17) is 9.47 Å². The number of rotatable bonds is 6. The van der Waals surface area contributed by atoms with Crippen LogP contribution in [0.3, 0.4) is 0 Å². The number of nitrogens with one attached hydrogen (secondary N) is 1. The number of amides is 1. The molecule has 0 radical (unpaired) electrons. The highest BCUT2D eigenvalue weighted by atomic mass is 32.1. The predicted octanol–water partition coefficient (Wildman–Crippen LogP) is 2.33. The molecule has 0 aliphatic carbocycles. The fraction of sp³-hybridized carbons (Fsp3) is 0.429. The minimum atomic E-state index is -0.516. The maximum atomic E-state index is 12.9. The van der Waals surface area contributed by atoms with Gasteiger partial charge >= 0.3 is 0 Å². The van der Waals surface area contributed by atoms with Crippen LogP contribution in [0.15, 0.2) is 29.2 Å². The molecule has 1 aliphatic rings. The molecule has 31 heavy (non-hydrogen) atoms. The molecule has 0 spiro atoms. The second kappa shape index (κ2) is 8.93. The Morgan fingerprint density at radius 3 is 2.90 bits per heavy atom. The molecule has 164 valence electrons. The topological polar surface area (TPSA) is 98.1 Å². The van der Waals surface area contributed by atoms with Crippen molar-refractivity contribution in [2.24, 2.45) is 5.92 Å². The fourth-order valence-corrected chi connectivity index (χ4v) is 4.68. The number of nitrogens with zero attached hydrogens (tertiary/aromatic N) is 4. The first kappa shape index (κ1) is 21.1. The minimum absolute atomic E-state index is 0.0526. The lowest BCUT2D eigenvalue weighted by molar-refractivity contribution is 0.0948. The lowest BCUT2D eigenvalue weighted by Crippen LogP contribution is -2.34. The lowest BCUT2D eigenvalue weighted by Gasteiger charge is -2.30. The minimum Gasteiger partial charge on any atom is -0.493 e. The Morgan fingerprint density at radius 2 is 2.16 bits per heavy atom. The van der Waals surface area contributed by atoms with Crippen molar-refractivity contribution in [1.82, 2.24) is 19.9 Å². The van der Waals surface area contributed by atoms with Gasteiger partial charge in [-0.05, 0) is 24.8 Å². The van der Waals surface area contributed by atoms with E-state index in [2.05, 4.69) is 27.2 Å². The summed E-state index contributed by atoms with van der Waals surface area (Å²) in [6.07, 6.45) is 3.61. The van der Waals surface area contributed by atoms with E-state index >= 15 is 0 Å². The van der Waals surface area contributed by atoms with Gasteiger partial charge < -0.3 is 19.7 Å². The number of ether oxygens (including phenoxy) is 2. The van der Waals surface area contributed by atoms with Crippen molar-refractivity contribution in [3.63, 3.8) is 0 Å². The number of carbonyl (C=O) groups excluding carboxylic acids is 1. The molecular formula is C21H25N5O4S. The van der Waals surface area contributed by atoms with E-state index in [1.165, 1.54) is 35.6 Å². The van der Waals surface area contributed by atoms with Crippen molar-refractivity contribution >= 4 is 27.3 Å². The van der Waals surface area contributed by atoms with Gasteiger partial charge in [0.1, 0.15) is 5.56 Å². The Balaban J connectivity index is 1.55. The Kier molecular flexibility index (Phi) is 6.08. The van der Waals surface area contributed by atoms with E-state index in [0.29, 0.717) is 22.4 Å². The Bertz CT molecular complexity index is 1160. The van der Waals surface area contributed by atoms with Gasteiger partial charge in [0.2, 0.25) is 10.1 Å². The Labute approximate surface area is 183 Å². The number of hydrogen-bond acceptors (Lipinski definition) is 8. The largest absolute Gasteiger partial charge is 0.493 e. The molecule has 0 bridgehead atoms. The molecule has 4 rings (SSSR count). The number of carbonyl (C=O) groups is 1. The molecule has 3 heterocycles. The monoisotopic (exact) mass is 443 g/mol. The zero-order valence-electron chi connectivity index (χ0n) is 17.8. The number of methoxy groups -OCH3 is 2. The smallest absolute Gasteiger partial charge is 0.288 e. The molecule has 1 saturated heterocycles. The summed E-state index contributed by atoms with van der Waals surface area (Å²) in [5, 5.41) is 7.97. The summed E-state index contributed by atoms with van der Waals surface area (Å²) in [5.41, 5.74) is 0.204. The average Bonchev–Trinajstić information content (AvgIpc) is 3.22. The average molecular weight is 444 g/mol. The van der Waals surface area contributed by atoms with Crippen LogP contribution in [0.2, 0.25) is 0 Å². The van der Waals surface area contributed by atoms with Crippen molar-refractivity contribution in [3.8, 4) is 11.5 Å². The van der Waals surface area contributed by atoms with Crippen LogP contribution in [0.4, 0.5) is 5.13 Å². The number of piperidine rings is 1. The van der Waals surface area contributed by atoms with Crippen molar-refractivity contribution in [1.29, 1.82) is 0 Å². The molecule has 1 aliphatic heterocycles. The van der Waals surface area contributed by atoms with Gasteiger partial charge in [0.05, 0.1) is 14.2 Å². The Hall–Kier alpha value is -3.14. The maximum absolute atomic E-state index is 12.9. The van der Waals surface area contributed by atoms with Gasteiger partial charge in [0.25, 0.3) is 11.5 Å². The zero-order valence-corrected chi connectivity index (χ0v) is 18.6. The summed E-state index contributed by atoms with van der Waals surface area (Å²) < 4.78 is 11.9. The second-order valence-corrected chi connectivity index (χ2v) is 8.52. The van der Waals surface area contributed by atoms with Crippen molar-refractivity contribution < 1.29 is 14.3 Å². The van der Waals surface area contributed by atoms with Gasteiger partial charge in [0, 0.05) is 31.4 Å².